The molecular weight excluding hydrogens is 238 g/mol. The molecule has 5 atom stereocenters. The first-order valence-corrected chi connectivity index (χ1v) is 6.06. The molecule has 0 radical (unpaired) electrons. The first-order valence-electron chi connectivity index (χ1n) is 6.06. The fourth-order valence-corrected chi connectivity index (χ4v) is 2.31. The van der Waals surface area contributed by atoms with Crippen molar-refractivity contribution in [3.63, 3.8) is 0 Å². The molecule has 1 aliphatic heterocycles. The van der Waals surface area contributed by atoms with E-state index in [-0.39, 0.29) is 30.0 Å². The smallest absolute Gasteiger partial charge is 0.330 e. The molecule has 0 aliphatic carbocycles. The van der Waals surface area contributed by atoms with Gasteiger partial charge in [0.15, 0.2) is 6.04 Å². The molecule has 0 aromatic carbocycles. The monoisotopic (exact) mass is 259 g/mol. The summed E-state index contributed by atoms with van der Waals surface area (Å²) >= 11 is 0. The second-order valence-corrected chi connectivity index (χ2v) is 4.70. The molecule has 0 aromatic rings. The predicted molar refractivity (Wildman–Crippen MR) is 63.7 cm³/mol. The van der Waals surface area contributed by atoms with Crippen molar-refractivity contribution in [2.45, 2.75) is 39.0 Å². The molecule has 0 bridgehead atoms. The summed E-state index contributed by atoms with van der Waals surface area (Å²) in [6.07, 6.45) is -0.201. The molecule has 1 aliphatic rings. The van der Waals surface area contributed by atoms with Crippen LogP contribution in [0.1, 0.15) is 20.8 Å². The van der Waals surface area contributed by atoms with Crippen LogP contribution in [0.25, 0.3) is 0 Å². The van der Waals surface area contributed by atoms with Crippen molar-refractivity contribution in [2.75, 3.05) is 13.7 Å². The van der Waals surface area contributed by atoms with E-state index in [9.17, 15) is 9.59 Å². The zero-order valence-corrected chi connectivity index (χ0v) is 11.2. The highest BCUT2D eigenvalue weighted by Crippen LogP contribution is 2.32. The number of carbonyl (C=O) groups is 2. The molecule has 6 nitrogen and oxygen atoms in total. The van der Waals surface area contributed by atoms with Gasteiger partial charge < -0.3 is 19.9 Å². The van der Waals surface area contributed by atoms with E-state index >= 15 is 0 Å². The van der Waals surface area contributed by atoms with Gasteiger partial charge in [-0.3, -0.25) is 4.79 Å². The Balaban J connectivity index is 2.67. The normalized spacial score (nSPS) is 32.9. The Kier molecular flexibility index (Phi) is 5.10. The van der Waals surface area contributed by atoms with E-state index in [1.807, 2.05) is 20.8 Å². The molecule has 1 fully saturated rings. The molecule has 1 amide bonds. The standard InChI is InChI=1S/C12H21NO5/c1-6-7(2)18-8(3)10(6)11(15)13-9(5-14)12(16)17-4/h6-10,14H,5H2,1-4H3,(H,13,15). The molecule has 2 N–H and O–H groups in total. The Morgan fingerprint density at radius 1 is 1.33 bits per heavy atom. The topological polar surface area (TPSA) is 84.9 Å². The molecule has 0 saturated carbocycles. The number of aliphatic hydroxyl groups is 1. The minimum absolute atomic E-state index is 0.00135. The maximum Gasteiger partial charge on any atom is 0.330 e. The average molecular weight is 259 g/mol. The number of aliphatic hydroxyl groups excluding tert-OH is 1. The number of rotatable bonds is 4. The van der Waals surface area contributed by atoms with Crippen LogP contribution in [0, 0.1) is 11.8 Å². The van der Waals surface area contributed by atoms with E-state index in [1.54, 1.807) is 0 Å². The first kappa shape index (κ1) is 14.9. The molecule has 1 rings (SSSR count). The van der Waals surface area contributed by atoms with Crippen LogP contribution in [0.5, 0.6) is 0 Å². The molecule has 6 heteroatoms. The molecule has 18 heavy (non-hydrogen) atoms. The van der Waals surface area contributed by atoms with E-state index in [2.05, 4.69) is 10.1 Å². The second-order valence-electron chi connectivity index (χ2n) is 4.70. The number of hydrogen-bond donors (Lipinski definition) is 2. The Bertz CT molecular complexity index is 320. The number of carbonyl (C=O) groups excluding carboxylic acids is 2. The van der Waals surface area contributed by atoms with Crippen molar-refractivity contribution in [3.05, 3.63) is 0 Å². The lowest BCUT2D eigenvalue weighted by Gasteiger charge is -2.21. The van der Waals surface area contributed by atoms with Gasteiger partial charge in [-0.25, -0.2) is 4.79 Å². The summed E-state index contributed by atoms with van der Waals surface area (Å²) in [5.74, 6) is -1.20. The van der Waals surface area contributed by atoms with Crippen molar-refractivity contribution in [1.29, 1.82) is 0 Å². The maximum absolute atomic E-state index is 12.1. The van der Waals surface area contributed by atoms with E-state index < -0.39 is 18.6 Å². The van der Waals surface area contributed by atoms with Crippen LogP contribution >= 0.6 is 0 Å². The van der Waals surface area contributed by atoms with Gasteiger partial charge in [-0.15, -0.1) is 0 Å². The number of hydrogen-bond acceptors (Lipinski definition) is 5. The number of ether oxygens (including phenoxy) is 2. The average Bonchev–Trinajstić information content (AvgIpc) is 2.59. The lowest BCUT2D eigenvalue weighted by Crippen LogP contribution is -2.48. The van der Waals surface area contributed by atoms with Crippen LogP contribution < -0.4 is 5.32 Å². The summed E-state index contributed by atoms with van der Waals surface area (Å²) in [6.45, 7) is 5.20. The maximum atomic E-state index is 12.1. The fraction of sp³-hybridized carbons (Fsp3) is 0.833. The van der Waals surface area contributed by atoms with Gasteiger partial charge in [-0.2, -0.15) is 0 Å². The van der Waals surface area contributed by atoms with Crippen LogP contribution in [-0.4, -0.2) is 48.9 Å². The van der Waals surface area contributed by atoms with Crippen LogP contribution in [0.2, 0.25) is 0 Å². The third kappa shape index (κ3) is 3.00. The van der Waals surface area contributed by atoms with Crippen molar-refractivity contribution in [3.8, 4) is 0 Å². The summed E-state index contributed by atoms with van der Waals surface area (Å²) in [6, 6.07) is -1.02. The highest BCUT2D eigenvalue weighted by atomic mass is 16.5. The number of methoxy groups -OCH3 is 1. The Morgan fingerprint density at radius 2 is 1.94 bits per heavy atom. The van der Waals surface area contributed by atoms with Crippen LogP contribution in [0.15, 0.2) is 0 Å². The summed E-state index contributed by atoms with van der Waals surface area (Å²) < 4.78 is 10.1. The molecule has 0 spiro atoms. The van der Waals surface area contributed by atoms with Gasteiger partial charge in [-0.05, 0) is 19.8 Å². The van der Waals surface area contributed by atoms with Crippen molar-refractivity contribution < 1.29 is 24.2 Å². The Labute approximate surface area is 107 Å². The minimum atomic E-state index is -1.02. The van der Waals surface area contributed by atoms with Gasteiger partial charge in [0.25, 0.3) is 0 Å². The number of amides is 1. The summed E-state index contributed by atoms with van der Waals surface area (Å²) in [4.78, 5) is 23.4. The molecule has 0 aromatic heterocycles. The summed E-state index contributed by atoms with van der Waals surface area (Å²) in [5, 5.41) is 11.6. The van der Waals surface area contributed by atoms with E-state index in [4.69, 9.17) is 9.84 Å². The quantitative estimate of drug-likeness (QED) is 0.677. The SMILES string of the molecule is COC(=O)C(CO)NC(=O)C1C(C)OC(C)C1C. The molecule has 5 unspecified atom stereocenters. The lowest BCUT2D eigenvalue weighted by molar-refractivity contribution is -0.147. The van der Waals surface area contributed by atoms with Crippen LogP contribution in [-0.2, 0) is 19.1 Å². The zero-order valence-electron chi connectivity index (χ0n) is 11.2. The van der Waals surface area contributed by atoms with E-state index in [1.165, 1.54) is 7.11 Å². The number of esters is 1. The van der Waals surface area contributed by atoms with E-state index in [0.29, 0.717) is 0 Å². The van der Waals surface area contributed by atoms with E-state index in [0.717, 1.165) is 0 Å². The molecular formula is C12H21NO5. The number of nitrogens with one attached hydrogen (secondary N) is 1. The minimum Gasteiger partial charge on any atom is -0.467 e. The van der Waals surface area contributed by atoms with Crippen molar-refractivity contribution in [2.24, 2.45) is 11.8 Å². The van der Waals surface area contributed by atoms with Gasteiger partial charge in [0.05, 0.1) is 31.8 Å². The van der Waals surface area contributed by atoms with Crippen molar-refractivity contribution >= 4 is 11.9 Å². The molecule has 1 heterocycles. The van der Waals surface area contributed by atoms with Gasteiger partial charge in [0.2, 0.25) is 5.91 Å². The predicted octanol–water partition coefficient (Wildman–Crippen LogP) is -0.304. The Morgan fingerprint density at radius 3 is 2.33 bits per heavy atom. The van der Waals surface area contributed by atoms with Gasteiger partial charge in [0, 0.05) is 0 Å². The van der Waals surface area contributed by atoms with Gasteiger partial charge >= 0.3 is 5.97 Å². The first-order chi connectivity index (χ1) is 8.42. The summed E-state index contributed by atoms with van der Waals surface area (Å²) in [5.41, 5.74) is 0. The zero-order chi connectivity index (χ0) is 13.9. The Hall–Kier alpha value is -1.14. The third-order valence-corrected chi connectivity index (χ3v) is 3.53. The summed E-state index contributed by atoms with van der Waals surface area (Å²) in [7, 11) is 1.21. The third-order valence-electron chi connectivity index (χ3n) is 3.53. The van der Waals surface area contributed by atoms with Gasteiger partial charge in [-0.1, -0.05) is 6.92 Å². The van der Waals surface area contributed by atoms with Crippen LogP contribution in [0.4, 0.5) is 0 Å². The largest absolute Gasteiger partial charge is 0.467 e. The van der Waals surface area contributed by atoms with Gasteiger partial charge in [0.1, 0.15) is 0 Å². The fourth-order valence-electron chi connectivity index (χ4n) is 2.31. The highest BCUT2D eigenvalue weighted by molar-refractivity contribution is 5.86. The van der Waals surface area contributed by atoms with Crippen molar-refractivity contribution in [1.82, 2.24) is 5.32 Å². The second kappa shape index (κ2) is 6.15. The molecule has 1 saturated heterocycles. The molecule has 104 valence electrons. The van der Waals surface area contributed by atoms with Crippen LogP contribution in [0.3, 0.4) is 0 Å². The lowest BCUT2D eigenvalue weighted by atomic mass is 9.88. The highest BCUT2D eigenvalue weighted by Gasteiger charge is 2.42.